The molecule has 0 bridgehead atoms. The summed E-state index contributed by atoms with van der Waals surface area (Å²) in [5, 5.41) is 15.0. The first-order valence-electron chi connectivity index (χ1n) is 7.05. The van der Waals surface area contributed by atoms with Crippen molar-refractivity contribution in [3.63, 3.8) is 0 Å². The lowest BCUT2D eigenvalue weighted by Crippen LogP contribution is -2.08. The number of pyridine rings is 1. The van der Waals surface area contributed by atoms with Crippen LogP contribution >= 0.6 is 11.3 Å². The minimum atomic E-state index is -0.419. The van der Waals surface area contributed by atoms with Gasteiger partial charge >= 0.3 is 5.69 Å². The molecule has 0 saturated carbocycles. The largest absolute Gasteiger partial charge is 0.364 e. The number of rotatable bonds is 5. The maximum atomic E-state index is 10.9. The Morgan fingerprint density at radius 1 is 1.38 bits per heavy atom. The number of nitrogens with one attached hydrogen (secondary N) is 1. The van der Waals surface area contributed by atoms with E-state index < -0.39 is 4.92 Å². The lowest BCUT2D eigenvalue weighted by molar-refractivity contribution is -0.384. The Hall–Kier alpha value is -2.02. The van der Waals surface area contributed by atoms with Crippen LogP contribution in [0.2, 0.25) is 0 Å². The maximum absolute atomic E-state index is 10.9. The first-order valence-corrected chi connectivity index (χ1v) is 7.86. The van der Waals surface area contributed by atoms with Crippen LogP contribution in [0.3, 0.4) is 0 Å². The fourth-order valence-electron chi connectivity index (χ4n) is 2.48. The summed E-state index contributed by atoms with van der Waals surface area (Å²) in [6, 6.07) is 3.02. The molecule has 21 heavy (non-hydrogen) atoms. The number of thiazole rings is 1. The van der Waals surface area contributed by atoms with Crippen molar-refractivity contribution in [3.05, 3.63) is 44.0 Å². The maximum Gasteiger partial charge on any atom is 0.311 e. The van der Waals surface area contributed by atoms with E-state index in [4.69, 9.17) is 0 Å². The van der Waals surface area contributed by atoms with Crippen molar-refractivity contribution in [2.24, 2.45) is 0 Å². The minimum Gasteiger partial charge on any atom is -0.364 e. The second-order valence-corrected chi connectivity index (χ2v) is 6.16. The van der Waals surface area contributed by atoms with E-state index in [1.807, 2.05) is 0 Å². The standard InChI is InChI=1S/C14H16N4O2S/c19-18(20)11-5-3-8-15-14(11)16-9-7-13-17-10-4-1-2-6-12(10)21-13/h3,5,8H,1-2,4,6-7,9H2,(H,15,16). The third kappa shape index (κ3) is 3.18. The van der Waals surface area contributed by atoms with E-state index in [0.29, 0.717) is 12.4 Å². The van der Waals surface area contributed by atoms with E-state index in [2.05, 4.69) is 15.3 Å². The van der Waals surface area contributed by atoms with Gasteiger partial charge in [-0.2, -0.15) is 0 Å². The number of hydrogen-bond donors (Lipinski definition) is 1. The van der Waals surface area contributed by atoms with Crippen molar-refractivity contribution in [3.8, 4) is 0 Å². The second kappa shape index (κ2) is 6.17. The third-order valence-corrected chi connectivity index (χ3v) is 4.72. The molecule has 1 aliphatic rings. The molecule has 0 unspecified atom stereocenters. The van der Waals surface area contributed by atoms with Crippen LogP contribution in [0.15, 0.2) is 18.3 Å². The highest BCUT2D eigenvalue weighted by Crippen LogP contribution is 2.27. The van der Waals surface area contributed by atoms with E-state index in [9.17, 15) is 10.1 Å². The average Bonchev–Trinajstić information content (AvgIpc) is 2.90. The van der Waals surface area contributed by atoms with Gasteiger partial charge in [-0.15, -0.1) is 11.3 Å². The number of nitrogens with zero attached hydrogens (tertiary/aromatic N) is 3. The van der Waals surface area contributed by atoms with Crippen LogP contribution in [0.25, 0.3) is 0 Å². The van der Waals surface area contributed by atoms with Crippen LogP contribution in [0.4, 0.5) is 11.5 Å². The van der Waals surface area contributed by atoms with E-state index in [0.717, 1.165) is 24.3 Å². The molecule has 110 valence electrons. The van der Waals surface area contributed by atoms with Gasteiger partial charge in [0.25, 0.3) is 0 Å². The summed E-state index contributed by atoms with van der Waals surface area (Å²) >= 11 is 1.78. The highest BCUT2D eigenvalue weighted by atomic mass is 32.1. The summed E-state index contributed by atoms with van der Waals surface area (Å²) in [5.41, 5.74) is 1.26. The van der Waals surface area contributed by atoms with Gasteiger partial charge in [0.1, 0.15) is 0 Å². The van der Waals surface area contributed by atoms with E-state index in [1.54, 1.807) is 23.6 Å². The molecule has 0 amide bonds. The Morgan fingerprint density at radius 2 is 2.24 bits per heavy atom. The topological polar surface area (TPSA) is 81.0 Å². The number of nitro groups is 1. The van der Waals surface area contributed by atoms with Crippen molar-refractivity contribution in [1.82, 2.24) is 9.97 Å². The molecule has 0 radical (unpaired) electrons. The van der Waals surface area contributed by atoms with Gasteiger partial charge in [-0.05, 0) is 31.7 Å². The molecule has 2 aromatic heterocycles. The van der Waals surface area contributed by atoms with E-state index >= 15 is 0 Å². The van der Waals surface area contributed by atoms with Crippen molar-refractivity contribution >= 4 is 22.8 Å². The summed E-state index contributed by atoms with van der Waals surface area (Å²) in [7, 11) is 0. The SMILES string of the molecule is O=[N+]([O-])c1cccnc1NCCc1nc2c(s1)CCCC2. The molecule has 0 spiro atoms. The van der Waals surface area contributed by atoms with Gasteiger partial charge in [0.05, 0.1) is 15.6 Å². The summed E-state index contributed by atoms with van der Waals surface area (Å²) in [5.74, 6) is 0.323. The Labute approximate surface area is 126 Å². The summed E-state index contributed by atoms with van der Waals surface area (Å²) in [4.78, 5) is 20.6. The molecule has 0 aromatic carbocycles. The first-order chi connectivity index (χ1) is 10.2. The zero-order valence-corrected chi connectivity index (χ0v) is 12.4. The predicted molar refractivity (Wildman–Crippen MR) is 81.8 cm³/mol. The lowest BCUT2D eigenvalue weighted by Gasteiger charge is -2.06. The number of fused-ring (bicyclic) bond motifs is 1. The zero-order chi connectivity index (χ0) is 14.7. The molecule has 3 rings (SSSR count). The Bertz CT molecular complexity index is 633. The van der Waals surface area contributed by atoms with Gasteiger partial charge < -0.3 is 5.32 Å². The van der Waals surface area contributed by atoms with Gasteiger partial charge in [0.2, 0.25) is 5.82 Å². The predicted octanol–water partition coefficient (Wildman–Crippen LogP) is 2.98. The number of hydrogen-bond acceptors (Lipinski definition) is 6. The molecule has 1 N–H and O–H groups in total. The molecule has 7 heteroatoms. The van der Waals surface area contributed by atoms with E-state index in [-0.39, 0.29) is 5.69 Å². The molecule has 0 aliphatic heterocycles. The van der Waals surface area contributed by atoms with Crippen molar-refractivity contribution in [2.75, 3.05) is 11.9 Å². The minimum absolute atomic E-state index is 0.0101. The summed E-state index contributed by atoms with van der Waals surface area (Å²) < 4.78 is 0. The van der Waals surface area contributed by atoms with Crippen molar-refractivity contribution < 1.29 is 4.92 Å². The van der Waals surface area contributed by atoms with Crippen LogP contribution in [0.5, 0.6) is 0 Å². The van der Waals surface area contributed by atoms with E-state index in [1.165, 1.54) is 29.5 Å². The van der Waals surface area contributed by atoms with Gasteiger partial charge in [-0.1, -0.05) is 0 Å². The first kappa shape index (κ1) is 13.9. The molecule has 6 nitrogen and oxygen atoms in total. The quantitative estimate of drug-likeness (QED) is 0.678. The highest BCUT2D eigenvalue weighted by Gasteiger charge is 2.16. The fourth-order valence-corrected chi connectivity index (χ4v) is 3.64. The molecular weight excluding hydrogens is 288 g/mol. The monoisotopic (exact) mass is 304 g/mol. The van der Waals surface area contributed by atoms with Crippen molar-refractivity contribution in [2.45, 2.75) is 32.1 Å². The molecule has 2 aromatic rings. The van der Waals surface area contributed by atoms with Crippen LogP contribution in [0.1, 0.15) is 28.4 Å². The normalized spacial score (nSPS) is 13.7. The van der Waals surface area contributed by atoms with Crippen LogP contribution in [-0.4, -0.2) is 21.4 Å². The van der Waals surface area contributed by atoms with Gasteiger partial charge in [0, 0.05) is 30.1 Å². The fraction of sp³-hybridized carbons (Fsp3) is 0.429. The molecule has 1 aliphatic carbocycles. The summed E-state index contributed by atoms with van der Waals surface area (Å²) in [6.45, 7) is 0.601. The van der Waals surface area contributed by atoms with Gasteiger partial charge in [0.15, 0.2) is 0 Å². The number of aryl methyl sites for hydroxylation is 2. The van der Waals surface area contributed by atoms with Crippen molar-refractivity contribution in [1.29, 1.82) is 0 Å². The number of aromatic nitrogens is 2. The highest BCUT2D eigenvalue weighted by molar-refractivity contribution is 7.11. The van der Waals surface area contributed by atoms with Gasteiger partial charge in [-0.3, -0.25) is 10.1 Å². The van der Waals surface area contributed by atoms with Crippen LogP contribution in [-0.2, 0) is 19.3 Å². The molecule has 0 fully saturated rings. The molecule has 2 heterocycles. The molecule has 0 saturated heterocycles. The Morgan fingerprint density at radius 3 is 3.05 bits per heavy atom. The zero-order valence-electron chi connectivity index (χ0n) is 11.5. The molecular formula is C14H16N4O2S. The third-order valence-electron chi connectivity index (χ3n) is 3.50. The lowest BCUT2D eigenvalue weighted by atomic mass is 10.0. The average molecular weight is 304 g/mol. The summed E-state index contributed by atoms with van der Waals surface area (Å²) in [6.07, 6.45) is 7.04. The van der Waals surface area contributed by atoms with Crippen LogP contribution < -0.4 is 5.32 Å². The smallest absolute Gasteiger partial charge is 0.311 e. The van der Waals surface area contributed by atoms with Crippen LogP contribution in [0, 0.1) is 10.1 Å². The molecule has 0 atom stereocenters. The Balaban J connectivity index is 1.61. The Kier molecular flexibility index (Phi) is 4.10. The second-order valence-electron chi connectivity index (χ2n) is 4.99. The van der Waals surface area contributed by atoms with Gasteiger partial charge in [-0.25, -0.2) is 9.97 Å². The number of anilines is 1.